The number of methoxy groups -OCH3 is 1. The van der Waals surface area contributed by atoms with Crippen LogP contribution in [0, 0.1) is 5.82 Å². The van der Waals surface area contributed by atoms with Crippen LogP contribution in [0.25, 0.3) is 21.6 Å². The van der Waals surface area contributed by atoms with Crippen molar-refractivity contribution < 1.29 is 18.7 Å². The number of halogens is 1. The van der Waals surface area contributed by atoms with Crippen molar-refractivity contribution in [3.63, 3.8) is 0 Å². The number of benzene rings is 2. The van der Waals surface area contributed by atoms with Gasteiger partial charge in [-0.15, -0.1) is 11.3 Å². The van der Waals surface area contributed by atoms with E-state index in [2.05, 4.69) is 33.1 Å². The molecule has 0 unspecified atom stereocenters. The van der Waals surface area contributed by atoms with Gasteiger partial charge in [-0.1, -0.05) is 18.2 Å². The molecule has 0 saturated heterocycles. The van der Waals surface area contributed by atoms with E-state index in [-0.39, 0.29) is 18.3 Å². The normalized spacial score (nSPS) is 11.0. The van der Waals surface area contributed by atoms with Gasteiger partial charge in [0.2, 0.25) is 0 Å². The van der Waals surface area contributed by atoms with E-state index in [0.29, 0.717) is 31.1 Å². The van der Waals surface area contributed by atoms with E-state index in [1.807, 2.05) is 12.1 Å². The number of ether oxygens (including phenoxy) is 2. The van der Waals surface area contributed by atoms with Gasteiger partial charge >= 0.3 is 0 Å². The number of rotatable bonds is 9. The van der Waals surface area contributed by atoms with Gasteiger partial charge in [0, 0.05) is 29.9 Å². The molecule has 0 atom stereocenters. The summed E-state index contributed by atoms with van der Waals surface area (Å²) in [4.78, 5) is 17.0. The van der Waals surface area contributed by atoms with Crippen molar-refractivity contribution in [2.24, 2.45) is 0 Å². The van der Waals surface area contributed by atoms with Crippen LogP contribution in [0.4, 0.5) is 4.39 Å². The molecule has 6 nitrogen and oxygen atoms in total. The van der Waals surface area contributed by atoms with Gasteiger partial charge in [-0.2, -0.15) is 0 Å². The minimum atomic E-state index is -0.318. The third kappa shape index (κ3) is 4.92. The van der Waals surface area contributed by atoms with Crippen molar-refractivity contribution >= 4 is 28.1 Å². The fourth-order valence-electron chi connectivity index (χ4n) is 3.26. The molecule has 1 amide bonds. The number of amides is 1. The van der Waals surface area contributed by atoms with Crippen LogP contribution >= 0.6 is 11.3 Å². The second-order valence-corrected chi connectivity index (χ2v) is 7.69. The smallest absolute Gasteiger partial charge is 0.270 e. The average Bonchev–Trinajstić information content (AvgIpc) is 3.41. The number of hydrogen-bond donors (Lipinski definition) is 1. The third-order valence-corrected chi connectivity index (χ3v) is 5.62. The van der Waals surface area contributed by atoms with E-state index in [0.717, 1.165) is 21.6 Å². The summed E-state index contributed by atoms with van der Waals surface area (Å²) in [7, 11) is 1.68. The SMILES string of the molecule is COCCn1c(-c2nc(C(=O)NCCOc3ccc(F)cc3)cs2)cc2ccccc21. The summed E-state index contributed by atoms with van der Waals surface area (Å²) >= 11 is 1.43. The zero-order valence-corrected chi connectivity index (χ0v) is 17.8. The number of aromatic nitrogens is 2. The van der Waals surface area contributed by atoms with Crippen LogP contribution in [0.2, 0.25) is 0 Å². The minimum absolute atomic E-state index is 0.259. The molecule has 0 radical (unpaired) electrons. The number of hydrogen-bond acceptors (Lipinski definition) is 5. The van der Waals surface area contributed by atoms with E-state index >= 15 is 0 Å². The molecule has 2 aromatic carbocycles. The molecule has 4 rings (SSSR count). The van der Waals surface area contributed by atoms with Gasteiger partial charge in [0.15, 0.2) is 0 Å². The van der Waals surface area contributed by atoms with Crippen LogP contribution in [0.1, 0.15) is 10.5 Å². The van der Waals surface area contributed by atoms with E-state index in [4.69, 9.17) is 9.47 Å². The second-order valence-electron chi connectivity index (χ2n) is 6.83. The number of para-hydroxylation sites is 1. The summed E-state index contributed by atoms with van der Waals surface area (Å²) < 4.78 is 25.8. The molecule has 0 spiro atoms. The van der Waals surface area contributed by atoms with Crippen LogP contribution in [0.3, 0.4) is 0 Å². The molecule has 0 saturated carbocycles. The zero-order valence-electron chi connectivity index (χ0n) is 17.0. The highest BCUT2D eigenvalue weighted by Crippen LogP contribution is 2.30. The molecule has 4 aromatic rings. The van der Waals surface area contributed by atoms with Crippen molar-refractivity contribution in [1.82, 2.24) is 14.9 Å². The number of thiazole rings is 1. The highest BCUT2D eigenvalue weighted by molar-refractivity contribution is 7.13. The molecular formula is C23H22FN3O3S. The molecule has 0 fully saturated rings. The Balaban J connectivity index is 1.41. The van der Waals surface area contributed by atoms with Gasteiger partial charge in [-0.05, 0) is 36.4 Å². The lowest BCUT2D eigenvalue weighted by Crippen LogP contribution is -2.28. The number of nitrogens with one attached hydrogen (secondary N) is 1. The van der Waals surface area contributed by atoms with E-state index in [1.165, 1.54) is 23.5 Å². The fourth-order valence-corrected chi connectivity index (χ4v) is 4.09. The Labute approximate surface area is 183 Å². The summed E-state index contributed by atoms with van der Waals surface area (Å²) in [5, 5.41) is 6.45. The van der Waals surface area contributed by atoms with Gasteiger partial charge < -0.3 is 19.4 Å². The predicted molar refractivity (Wildman–Crippen MR) is 119 cm³/mol. The largest absolute Gasteiger partial charge is 0.492 e. The highest BCUT2D eigenvalue weighted by atomic mass is 32.1. The Morgan fingerprint density at radius 2 is 1.97 bits per heavy atom. The minimum Gasteiger partial charge on any atom is -0.492 e. The highest BCUT2D eigenvalue weighted by Gasteiger charge is 2.16. The molecule has 0 aliphatic rings. The number of nitrogens with zero attached hydrogens (tertiary/aromatic N) is 2. The third-order valence-electron chi connectivity index (χ3n) is 4.76. The van der Waals surface area contributed by atoms with Gasteiger partial charge in [0.1, 0.15) is 28.9 Å². The first-order chi connectivity index (χ1) is 15.2. The van der Waals surface area contributed by atoms with Crippen LogP contribution < -0.4 is 10.1 Å². The summed E-state index contributed by atoms with van der Waals surface area (Å²) in [5.74, 6) is -0.0264. The summed E-state index contributed by atoms with van der Waals surface area (Å²) in [5.41, 5.74) is 2.43. The maximum absolute atomic E-state index is 12.9. The molecule has 2 heterocycles. The van der Waals surface area contributed by atoms with Gasteiger partial charge in [0.25, 0.3) is 5.91 Å². The molecule has 8 heteroatoms. The van der Waals surface area contributed by atoms with Crippen LogP contribution in [0.5, 0.6) is 5.75 Å². The monoisotopic (exact) mass is 439 g/mol. The van der Waals surface area contributed by atoms with Gasteiger partial charge in [0.05, 0.1) is 18.8 Å². The second kappa shape index (κ2) is 9.72. The fraction of sp³-hybridized carbons (Fsp3) is 0.217. The summed E-state index contributed by atoms with van der Waals surface area (Å²) in [6, 6.07) is 16.0. The first kappa shape index (κ1) is 21.0. The number of carbonyl (C=O) groups excluding carboxylic acids is 1. The first-order valence-electron chi connectivity index (χ1n) is 9.85. The van der Waals surface area contributed by atoms with Crippen LogP contribution in [-0.2, 0) is 11.3 Å². The lowest BCUT2D eigenvalue weighted by Gasteiger charge is -2.08. The Kier molecular flexibility index (Phi) is 6.59. The molecule has 31 heavy (non-hydrogen) atoms. The molecule has 160 valence electrons. The van der Waals surface area contributed by atoms with Crippen molar-refractivity contribution in [3.05, 3.63) is 71.5 Å². The molecule has 2 aromatic heterocycles. The lowest BCUT2D eigenvalue weighted by molar-refractivity contribution is 0.0943. The van der Waals surface area contributed by atoms with E-state index < -0.39 is 0 Å². The molecule has 0 bridgehead atoms. The molecule has 1 N–H and O–H groups in total. The van der Waals surface area contributed by atoms with Crippen molar-refractivity contribution in [1.29, 1.82) is 0 Å². The lowest BCUT2D eigenvalue weighted by atomic mass is 10.2. The molecular weight excluding hydrogens is 417 g/mol. The van der Waals surface area contributed by atoms with Crippen molar-refractivity contribution in [2.45, 2.75) is 6.54 Å². The predicted octanol–water partition coefficient (Wildman–Crippen LogP) is 4.36. The topological polar surface area (TPSA) is 65.4 Å². The molecule has 0 aliphatic heterocycles. The Morgan fingerprint density at radius 1 is 1.16 bits per heavy atom. The Bertz CT molecular complexity index is 1170. The van der Waals surface area contributed by atoms with Crippen molar-refractivity contribution in [3.8, 4) is 16.5 Å². The summed E-state index contributed by atoms with van der Waals surface area (Å²) in [6.07, 6.45) is 0. The van der Waals surface area contributed by atoms with Gasteiger partial charge in [-0.3, -0.25) is 4.79 Å². The Morgan fingerprint density at radius 3 is 2.77 bits per heavy atom. The van der Waals surface area contributed by atoms with Crippen LogP contribution in [-0.4, -0.2) is 42.3 Å². The molecule has 0 aliphatic carbocycles. The van der Waals surface area contributed by atoms with Crippen LogP contribution in [0.15, 0.2) is 60.0 Å². The van der Waals surface area contributed by atoms with E-state index in [9.17, 15) is 9.18 Å². The van der Waals surface area contributed by atoms with E-state index in [1.54, 1.807) is 24.6 Å². The Hall–Kier alpha value is -3.23. The first-order valence-corrected chi connectivity index (χ1v) is 10.7. The van der Waals surface area contributed by atoms with Crippen molar-refractivity contribution in [2.75, 3.05) is 26.9 Å². The maximum atomic E-state index is 12.9. The van der Waals surface area contributed by atoms with Gasteiger partial charge in [-0.25, -0.2) is 9.37 Å². The zero-order chi connectivity index (χ0) is 21.6. The number of carbonyl (C=O) groups is 1. The summed E-state index contributed by atoms with van der Waals surface area (Å²) in [6.45, 7) is 1.87. The standard InChI is InChI=1S/C23H22FN3O3S/c1-29-13-11-27-20-5-3-2-4-16(20)14-21(27)23-26-19(15-31-23)22(28)25-10-12-30-18-8-6-17(24)7-9-18/h2-9,14-15H,10-13H2,1H3,(H,25,28). The maximum Gasteiger partial charge on any atom is 0.270 e. The quantitative estimate of drug-likeness (QED) is 0.394. The average molecular weight is 440 g/mol. The number of fused-ring (bicyclic) bond motifs is 1.